The SMILES string of the molecule is COC(=O)C[C@H]1C(CC2=C(C)C(c3ccc(OS(=O)(=O)c4ccc(C)cc4)cc3)C[C@@H]2O)C[C@@H]2OC(=O)[C@]3(C)C=CC(=O)[C@@]1(C)[C@@H]23. The van der Waals surface area contributed by atoms with Gasteiger partial charge in [0.05, 0.1) is 18.6 Å². The predicted molar refractivity (Wildman–Crippen MR) is 168 cm³/mol. The molecule has 10 heteroatoms. The molecular formula is C36H40O9S. The molecule has 0 spiro atoms. The molecule has 0 bridgehead atoms. The van der Waals surface area contributed by atoms with Crippen LogP contribution in [-0.2, 0) is 34.0 Å². The number of allylic oxidation sites excluding steroid dienone is 2. The van der Waals surface area contributed by atoms with E-state index in [4.69, 9.17) is 13.7 Å². The summed E-state index contributed by atoms with van der Waals surface area (Å²) in [5.41, 5.74) is 1.70. The average molecular weight is 649 g/mol. The van der Waals surface area contributed by atoms with E-state index >= 15 is 0 Å². The number of methoxy groups -OCH3 is 1. The minimum atomic E-state index is -3.99. The van der Waals surface area contributed by atoms with Crippen LogP contribution in [0.25, 0.3) is 0 Å². The maximum Gasteiger partial charge on any atom is 0.339 e. The van der Waals surface area contributed by atoms with E-state index in [9.17, 15) is 27.9 Å². The number of aliphatic hydroxyl groups is 1. The molecule has 1 saturated heterocycles. The molecule has 2 aromatic rings. The minimum Gasteiger partial charge on any atom is -0.469 e. The molecule has 0 amide bonds. The van der Waals surface area contributed by atoms with Gasteiger partial charge in [0.1, 0.15) is 16.7 Å². The molecule has 1 saturated carbocycles. The lowest BCUT2D eigenvalue weighted by molar-refractivity contribution is -0.156. The molecule has 0 radical (unpaired) electrons. The molecular weight excluding hydrogens is 608 g/mol. The van der Waals surface area contributed by atoms with Gasteiger partial charge >= 0.3 is 22.1 Å². The van der Waals surface area contributed by atoms with E-state index in [0.29, 0.717) is 19.3 Å². The van der Waals surface area contributed by atoms with Crippen molar-refractivity contribution in [1.29, 1.82) is 0 Å². The van der Waals surface area contributed by atoms with Crippen molar-refractivity contribution in [2.45, 2.75) is 76.4 Å². The van der Waals surface area contributed by atoms with Gasteiger partial charge in [0.2, 0.25) is 0 Å². The second-order valence-electron chi connectivity index (χ2n) is 13.7. The van der Waals surface area contributed by atoms with Gasteiger partial charge in [0, 0.05) is 23.7 Å². The molecule has 9 nitrogen and oxygen atoms in total. The summed E-state index contributed by atoms with van der Waals surface area (Å²) in [4.78, 5) is 39.5. The summed E-state index contributed by atoms with van der Waals surface area (Å²) in [5.74, 6) is -1.89. The Bertz CT molecular complexity index is 1740. The van der Waals surface area contributed by atoms with E-state index in [0.717, 1.165) is 22.3 Å². The fourth-order valence-electron chi connectivity index (χ4n) is 8.65. The van der Waals surface area contributed by atoms with Gasteiger partial charge in [-0.1, -0.05) is 48.4 Å². The van der Waals surface area contributed by atoms with Gasteiger partial charge in [-0.3, -0.25) is 14.4 Å². The molecule has 2 fully saturated rings. The first-order valence-electron chi connectivity index (χ1n) is 15.7. The number of aliphatic hydroxyl groups excluding tert-OH is 1. The molecule has 8 atom stereocenters. The maximum absolute atomic E-state index is 13.6. The van der Waals surface area contributed by atoms with E-state index in [1.807, 2.05) is 39.8 Å². The number of hydrogen-bond acceptors (Lipinski definition) is 9. The Morgan fingerprint density at radius 2 is 1.70 bits per heavy atom. The van der Waals surface area contributed by atoms with Gasteiger partial charge in [-0.05, 0) is 93.3 Å². The number of aryl methyl sites for hydroxylation is 1. The molecule has 3 aliphatic carbocycles. The lowest BCUT2D eigenvalue weighted by atomic mass is 9.46. The smallest absolute Gasteiger partial charge is 0.339 e. The third-order valence-electron chi connectivity index (χ3n) is 11.1. The van der Waals surface area contributed by atoms with Crippen LogP contribution in [0.4, 0.5) is 0 Å². The van der Waals surface area contributed by atoms with Gasteiger partial charge < -0.3 is 18.8 Å². The average Bonchev–Trinajstić information content (AvgIpc) is 3.44. The lowest BCUT2D eigenvalue weighted by Crippen LogP contribution is -2.58. The van der Waals surface area contributed by atoms with E-state index in [-0.39, 0.29) is 40.7 Å². The Balaban J connectivity index is 1.26. The summed E-state index contributed by atoms with van der Waals surface area (Å²) in [6.45, 7) is 7.52. The topological polar surface area (TPSA) is 133 Å². The number of carbonyl (C=O) groups excluding carboxylic acids is 3. The number of rotatable bonds is 8. The van der Waals surface area contributed by atoms with Gasteiger partial charge in [-0.15, -0.1) is 0 Å². The van der Waals surface area contributed by atoms with Gasteiger partial charge in [0.25, 0.3) is 0 Å². The predicted octanol–water partition coefficient (Wildman–Crippen LogP) is 5.21. The Kier molecular flexibility index (Phi) is 8.04. The number of benzene rings is 2. The van der Waals surface area contributed by atoms with Crippen LogP contribution in [-0.4, -0.2) is 50.6 Å². The summed E-state index contributed by atoms with van der Waals surface area (Å²) < 4.78 is 41.9. The van der Waals surface area contributed by atoms with Crippen molar-refractivity contribution in [2.24, 2.45) is 28.6 Å². The van der Waals surface area contributed by atoms with Gasteiger partial charge in [-0.25, -0.2) is 0 Å². The van der Waals surface area contributed by atoms with Crippen LogP contribution in [0.15, 0.2) is 76.7 Å². The zero-order valence-electron chi connectivity index (χ0n) is 26.7. The quantitative estimate of drug-likeness (QED) is 0.233. The van der Waals surface area contributed by atoms with Crippen molar-refractivity contribution >= 4 is 27.8 Å². The first kappa shape index (κ1) is 32.2. The summed E-state index contributed by atoms with van der Waals surface area (Å²) >= 11 is 0. The third kappa shape index (κ3) is 5.19. The summed E-state index contributed by atoms with van der Waals surface area (Å²) in [6.07, 6.45) is 3.27. The highest BCUT2D eigenvalue weighted by atomic mass is 32.2. The van der Waals surface area contributed by atoms with Crippen LogP contribution in [0.2, 0.25) is 0 Å². The zero-order valence-corrected chi connectivity index (χ0v) is 27.5. The van der Waals surface area contributed by atoms with Crippen molar-refractivity contribution in [2.75, 3.05) is 7.11 Å². The fraction of sp³-hybridized carbons (Fsp3) is 0.472. The number of esters is 2. The first-order valence-corrected chi connectivity index (χ1v) is 17.1. The molecule has 1 heterocycles. The summed E-state index contributed by atoms with van der Waals surface area (Å²) in [5, 5.41) is 11.3. The molecule has 46 heavy (non-hydrogen) atoms. The highest BCUT2D eigenvalue weighted by molar-refractivity contribution is 7.87. The monoisotopic (exact) mass is 648 g/mol. The largest absolute Gasteiger partial charge is 0.469 e. The molecule has 2 unspecified atom stereocenters. The first-order chi connectivity index (χ1) is 21.7. The van der Waals surface area contributed by atoms with Gasteiger partial charge in [0.15, 0.2) is 5.78 Å². The standard InChI is InChI=1S/C36H40O9S/c1-20-6-12-25(13-7-20)46(41,42)45-24-10-8-22(9-11-24)26-18-29(37)27(21(26)2)16-23-17-30-33-35(3,34(40)44-30)15-14-31(38)36(33,4)28(23)19-32(39)43-5/h6-15,23,26,28-30,33,37H,16-19H2,1-5H3/t23?,26?,28-,29-,30-,33-,35+,36-/m0/s1. The second kappa shape index (κ2) is 11.5. The number of ether oxygens (including phenoxy) is 2. The van der Waals surface area contributed by atoms with Crippen molar-refractivity contribution in [1.82, 2.24) is 0 Å². The van der Waals surface area contributed by atoms with Crippen LogP contribution in [0.5, 0.6) is 5.75 Å². The minimum absolute atomic E-state index is 0.0174. The summed E-state index contributed by atoms with van der Waals surface area (Å²) in [6, 6.07) is 13.3. The molecule has 244 valence electrons. The Morgan fingerprint density at radius 1 is 1.02 bits per heavy atom. The van der Waals surface area contributed by atoms with Crippen molar-refractivity contribution in [3.63, 3.8) is 0 Å². The van der Waals surface area contributed by atoms with E-state index in [1.165, 1.54) is 25.3 Å². The Labute approximate surface area is 269 Å². The van der Waals surface area contributed by atoms with Crippen molar-refractivity contribution < 1.29 is 41.6 Å². The van der Waals surface area contributed by atoms with Crippen molar-refractivity contribution in [3.8, 4) is 5.75 Å². The number of ketones is 1. The highest BCUT2D eigenvalue weighted by Crippen LogP contribution is 2.63. The van der Waals surface area contributed by atoms with E-state index in [1.54, 1.807) is 30.3 Å². The highest BCUT2D eigenvalue weighted by Gasteiger charge is 2.69. The molecule has 0 aromatic heterocycles. The fourth-order valence-corrected chi connectivity index (χ4v) is 9.59. The second-order valence-corrected chi connectivity index (χ2v) is 15.2. The Morgan fingerprint density at radius 3 is 2.35 bits per heavy atom. The van der Waals surface area contributed by atoms with Crippen LogP contribution >= 0.6 is 0 Å². The van der Waals surface area contributed by atoms with Crippen LogP contribution < -0.4 is 4.18 Å². The zero-order chi connectivity index (χ0) is 33.2. The van der Waals surface area contributed by atoms with Crippen LogP contribution in [0.3, 0.4) is 0 Å². The number of hydrogen-bond donors (Lipinski definition) is 1. The summed E-state index contributed by atoms with van der Waals surface area (Å²) in [7, 11) is -2.67. The molecule has 2 aromatic carbocycles. The Hall–Kier alpha value is -3.76. The van der Waals surface area contributed by atoms with E-state index in [2.05, 4.69) is 0 Å². The van der Waals surface area contributed by atoms with Crippen LogP contribution in [0.1, 0.15) is 63.5 Å². The third-order valence-corrected chi connectivity index (χ3v) is 12.4. The maximum atomic E-state index is 13.6. The molecule has 1 aliphatic heterocycles. The normalized spacial score (nSPS) is 33.5. The van der Waals surface area contributed by atoms with Crippen molar-refractivity contribution in [3.05, 3.63) is 83.0 Å². The molecule has 6 rings (SSSR count). The van der Waals surface area contributed by atoms with Gasteiger partial charge in [-0.2, -0.15) is 8.42 Å². The molecule has 1 N–H and O–H groups in total. The lowest BCUT2D eigenvalue weighted by Gasteiger charge is -2.54. The van der Waals surface area contributed by atoms with E-state index < -0.39 is 51.0 Å². The van der Waals surface area contributed by atoms with Crippen LogP contribution in [0, 0.1) is 35.5 Å². The molecule has 4 aliphatic rings. The number of carbonyl (C=O) groups is 3.